The molecule has 1 aliphatic carbocycles. The minimum Gasteiger partial charge on any atom is -0.465 e. The van der Waals surface area contributed by atoms with Crippen molar-refractivity contribution in [3.8, 4) is 0 Å². The number of esters is 1. The molecule has 0 heterocycles. The zero-order valence-corrected chi connectivity index (χ0v) is 16.9. The van der Waals surface area contributed by atoms with Crippen LogP contribution in [0.2, 0.25) is 0 Å². The highest BCUT2D eigenvalue weighted by atomic mass is 32.1. The van der Waals surface area contributed by atoms with E-state index in [2.05, 4.69) is 20.7 Å². The van der Waals surface area contributed by atoms with Crippen molar-refractivity contribution in [2.24, 2.45) is 5.92 Å². The first-order valence-electron chi connectivity index (χ1n) is 9.10. The number of rotatable bonds is 5. The summed E-state index contributed by atoms with van der Waals surface area (Å²) in [5.41, 5.74) is 2.92. The molecule has 0 atom stereocenters. The lowest BCUT2D eigenvalue weighted by atomic mass is 10.1. The van der Waals surface area contributed by atoms with Crippen molar-refractivity contribution in [1.29, 1.82) is 0 Å². The van der Waals surface area contributed by atoms with Crippen molar-refractivity contribution in [2.45, 2.75) is 19.8 Å². The molecule has 0 aromatic heterocycles. The number of hydrogen-bond donors (Lipinski definition) is 3. The molecule has 3 N–H and O–H groups in total. The highest BCUT2D eigenvalue weighted by molar-refractivity contribution is 7.80. The van der Waals surface area contributed by atoms with E-state index in [1.165, 1.54) is 31.4 Å². The second-order valence-electron chi connectivity index (χ2n) is 6.72. The Morgan fingerprint density at radius 3 is 2.14 bits per heavy atom. The molecule has 0 unspecified atom stereocenters. The SMILES string of the molecule is COC(=O)c1ccc(C(=O)NC(=S)Nc2cccc(NC(=O)C3CC3)c2C)cc1. The predicted molar refractivity (Wildman–Crippen MR) is 114 cm³/mol. The topological polar surface area (TPSA) is 96.5 Å². The summed E-state index contributed by atoms with van der Waals surface area (Å²) < 4.78 is 4.63. The van der Waals surface area contributed by atoms with Gasteiger partial charge in [0.2, 0.25) is 5.91 Å². The number of carbonyl (C=O) groups excluding carboxylic acids is 3. The van der Waals surface area contributed by atoms with E-state index in [1.54, 1.807) is 6.07 Å². The van der Waals surface area contributed by atoms with Gasteiger partial charge < -0.3 is 15.4 Å². The van der Waals surface area contributed by atoms with Crippen molar-refractivity contribution < 1.29 is 19.1 Å². The maximum absolute atomic E-state index is 12.4. The van der Waals surface area contributed by atoms with E-state index in [9.17, 15) is 14.4 Å². The summed E-state index contributed by atoms with van der Waals surface area (Å²) in [5.74, 6) is -0.749. The Labute approximate surface area is 173 Å². The molecule has 8 heteroatoms. The predicted octanol–water partition coefficient (Wildman–Crippen LogP) is 3.26. The Hall–Kier alpha value is -3.26. The van der Waals surface area contributed by atoms with Crippen LogP contribution in [-0.2, 0) is 9.53 Å². The molecule has 0 bridgehead atoms. The van der Waals surface area contributed by atoms with E-state index < -0.39 is 11.9 Å². The number of thiocarbonyl (C=S) groups is 1. The quantitative estimate of drug-likeness (QED) is 0.516. The van der Waals surface area contributed by atoms with Crippen molar-refractivity contribution in [3.05, 3.63) is 59.2 Å². The van der Waals surface area contributed by atoms with Crippen molar-refractivity contribution in [2.75, 3.05) is 17.7 Å². The molecule has 0 spiro atoms. The van der Waals surface area contributed by atoms with Gasteiger partial charge in [-0.1, -0.05) is 6.07 Å². The highest BCUT2D eigenvalue weighted by Crippen LogP contribution is 2.31. The molecule has 1 fully saturated rings. The first-order chi connectivity index (χ1) is 13.9. The van der Waals surface area contributed by atoms with E-state index in [-0.39, 0.29) is 16.9 Å². The molecular weight excluding hydrogens is 390 g/mol. The molecular formula is C21H21N3O4S. The van der Waals surface area contributed by atoms with E-state index >= 15 is 0 Å². The standard InChI is InChI=1S/C21H21N3O4S/c1-12-16(22-18(25)13-6-7-13)4-3-5-17(12)23-21(29)24-19(26)14-8-10-15(11-9-14)20(27)28-2/h3-5,8-11,13H,6-7H2,1-2H3,(H,22,25)(H2,23,24,26,29). The number of nitrogens with one attached hydrogen (secondary N) is 3. The van der Waals surface area contributed by atoms with Gasteiger partial charge in [0, 0.05) is 22.9 Å². The van der Waals surface area contributed by atoms with Crippen molar-refractivity contribution in [1.82, 2.24) is 5.32 Å². The lowest BCUT2D eigenvalue weighted by molar-refractivity contribution is -0.117. The minimum absolute atomic E-state index is 0.0246. The number of benzene rings is 2. The largest absolute Gasteiger partial charge is 0.465 e. The number of carbonyl (C=O) groups is 3. The Bertz CT molecular complexity index is 968. The first kappa shape index (κ1) is 20.5. The summed E-state index contributed by atoms with van der Waals surface area (Å²) in [6, 6.07) is 11.5. The second kappa shape index (κ2) is 8.83. The molecule has 1 saturated carbocycles. The van der Waals surface area contributed by atoms with Crippen LogP contribution in [0.15, 0.2) is 42.5 Å². The number of anilines is 2. The molecule has 29 heavy (non-hydrogen) atoms. The average molecular weight is 411 g/mol. The summed E-state index contributed by atoms with van der Waals surface area (Å²) >= 11 is 5.24. The lowest BCUT2D eigenvalue weighted by Gasteiger charge is -2.15. The van der Waals surface area contributed by atoms with Crippen LogP contribution in [0, 0.1) is 12.8 Å². The highest BCUT2D eigenvalue weighted by Gasteiger charge is 2.29. The number of methoxy groups -OCH3 is 1. The molecule has 1 aliphatic rings. The third-order valence-electron chi connectivity index (χ3n) is 4.58. The van der Waals surface area contributed by atoms with Crippen molar-refractivity contribution >= 4 is 46.5 Å². The smallest absolute Gasteiger partial charge is 0.337 e. The van der Waals surface area contributed by atoms with E-state index in [1.807, 2.05) is 19.1 Å². The summed E-state index contributed by atoms with van der Waals surface area (Å²) in [6.45, 7) is 1.86. The third kappa shape index (κ3) is 5.17. The molecule has 7 nitrogen and oxygen atoms in total. The summed E-state index contributed by atoms with van der Waals surface area (Å²) in [5, 5.41) is 8.63. The van der Waals surface area contributed by atoms with Crippen molar-refractivity contribution in [3.63, 3.8) is 0 Å². The summed E-state index contributed by atoms with van der Waals surface area (Å²) in [4.78, 5) is 35.8. The van der Waals surface area contributed by atoms with Crippen LogP contribution in [0.5, 0.6) is 0 Å². The van der Waals surface area contributed by atoms with Crippen LogP contribution in [0.1, 0.15) is 39.1 Å². The van der Waals surface area contributed by atoms with E-state index in [4.69, 9.17) is 12.2 Å². The Morgan fingerprint density at radius 2 is 1.55 bits per heavy atom. The number of ether oxygens (including phenoxy) is 1. The van der Waals surface area contributed by atoms with Crippen LogP contribution in [0.3, 0.4) is 0 Å². The van der Waals surface area contributed by atoms with Gasteiger partial charge in [-0.05, 0) is 73.9 Å². The first-order valence-corrected chi connectivity index (χ1v) is 9.51. The normalized spacial score (nSPS) is 12.6. The van der Waals surface area contributed by atoms with Gasteiger partial charge in [-0.3, -0.25) is 14.9 Å². The van der Waals surface area contributed by atoms with Gasteiger partial charge in [0.1, 0.15) is 0 Å². The monoisotopic (exact) mass is 411 g/mol. The average Bonchev–Trinajstić information content (AvgIpc) is 3.56. The van der Waals surface area contributed by atoms with Gasteiger partial charge in [0.15, 0.2) is 5.11 Å². The van der Waals surface area contributed by atoms with Crippen LogP contribution < -0.4 is 16.0 Å². The second-order valence-corrected chi connectivity index (χ2v) is 7.13. The fourth-order valence-electron chi connectivity index (χ4n) is 2.69. The fraction of sp³-hybridized carbons (Fsp3) is 0.238. The molecule has 2 amide bonds. The summed E-state index contributed by atoms with van der Waals surface area (Å²) in [7, 11) is 1.29. The van der Waals surface area contributed by atoms with E-state index in [0.29, 0.717) is 22.5 Å². The van der Waals surface area contributed by atoms with Crippen LogP contribution in [-0.4, -0.2) is 30.0 Å². The van der Waals surface area contributed by atoms with Crippen LogP contribution >= 0.6 is 12.2 Å². The third-order valence-corrected chi connectivity index (χ3v) is 4.79. The van der Waals surface area contributed by atoms with Gasteiger partial charge in [-0.25, -0.2) is 4.79 Å². The van der Waals surface area contributed by atoms with Gasteiger partial charge in [0.25, 0.3) is 5.91 Å². The molecule has 150 valence electrons. The molecule has 2 aromatic rings. The zero-order chi connectivity index (χ0) is 21.0. The van der Waals surface area contributed by atoms with Crippen LogP contribution in [0.25, 0.3) is 0 Å². The molecule has 0 radical (unpaired) electrons. The molecule has 3 rings (SSSR count). The van der Waals surface area contributed by atoms with E-state index in [0.717, 1.165) is 18.4 Å². The maximum Gasteiger partial charge on any atom is 0.337 e. The molecule has 0 aliphatic heterocycles. The van der Waals surface area contributed by atoms with Gasteiger partial charge in [0.05, 0.1) is 12.7 Å². The zero-order valence-electron chi connectivity index (χ0n) is 16.1. The Morgan fingerprint density at radius 1 is 0.966 bits per heavy atom. The number of amides is 2. The van der Waals surface area contributed by atoms with Gasteiger partial charge >= 0.3 is 5.97 Å². The summed E-state index contributed by atoms with van der Waals surface area (Å²) in [6.07, 6.45) is 1.86. The molecule has 0 saturated heterocycles. The van der Waals surface area contributed by atoms with Crippen LogP contribution in [0.4, 0.5) is 11.4 Å². The lowest BCUT2D eigenvalue weighted by Crippen LogP contribution is -2.34. The minimum atomic E-state index is -0.474. The van der Waals surface area contributed by atoms with Gasteiger partial charge in [-0.2, -0.15) is 0 Å². The maximum atomic E-state index is 12.4. The number of hydrogen-bond acceptors (Lipinski definition) is 5. The Kier molecular flexibility index (Phi) is 6.23. The fourth-order valence-corrected chi connectivity index (χ4v) is 2.89. The molecule has 2 aromatic carbocycles. The van der Waals surface area contributed by atoms with Gasteiger partial charge in [-0.15, -0.1) is 0 Å². The Balaban J connectivity index is 1.62.